The molecule has 2 fully saturated rings. The molecule has 210 valence electrons. The Bertz CT molecular complexity index is 1830. The van der Waals surface area contributed by atoms with Gasteiger partial charge in [-0.2, -0.15) is 10.2 Å². The molecule has 6 heterocycles. The average Bonchev–Trinajstić information content (AvgIpc) is 3.73. The zero-order valence-electron chi connectivity index (χ0n) is 23.9. The normalized spacial score (nSPS) is 19.0. The number of H-pyrrole nitrogens is 1. The molecule has 4 aromatic heterocycles. The van der Waals surface area contributed by atoms with Gasteiger partial charge in [0.2, 0.25) is 5.91 Å². The molecule has 1 saturated heterocycles. The zero-order valence-corrected chi connectivity index (χ0v) is 23.9. The van der Waals surface area contributed by atoms with E-state index in [2.05, 4.69) is 51.4 Å². The van der Waals surface area contributed by atoms with Crippen LogP contribution in [0.25, 0.3) is 44.3 Å². The minimum Gasteiger partial charge on any atom is -0.365 e. The maximum Gasteiger partial charge on any atom is 0.222 e. The van der Waals surface area contributed by atoms with Crippen LogP contribution in [-0.4, -0.2) is 53.4 Å². The Labute approximate surface area is 238 Å². The van der Waals surface area contributed by atoms with Crippen LogP contribution in [0.2, 0.25) is 0 Å². The van der Waals surface area contributed by atoms with Gasteiger partial charge in [-0.05, 0) is 55.2 Å². The molecule has 8 rings (SSSR count). The van der Waals surface area contributed by atoms with Gasteiger partial charge in [0, 0.05) is 79.0 Å². The minimum atomic E-state index is -0.312. The SMILES string of the molecule is CCCC(=O)N1CCC2(CC1)CC1(C2)OCc2cnc3[nH]c(-c4cnn(C)c4)c(-c4ccc5c(cnn5C)c4)c3c21. The van der Waals surface area contributed by atoms with Crippen LogP contribution in [0, 0.1) is 5.41 Å². The Morgan fingerprint density at radius 2 is 1.90 bits per heavy atom. The number of likely N-dealkylation sites (tertiary alicyclic amines) is 1. The van der Waals surface area contributed by atoms with Gasteiger partial charge in [0.1, 0.15) is 5.65 Å². The predicted octanol–water partition coefficient (Wildman–Crippen LogP) is 5.45. The van der Waals surface area contributed by atoms with Crippen molar-refractivity contribution in [1.82, 2.24) is 34.4 Å². The van der Waals surface area contributed by atoms with Crippen molar-refractivity contribution in [3.05, 3.63) is 54.1 Å². The second-order valence-electron chi connectivity index (χ2n) is 12.5. The number of pyridine rings is 1. The minimum absolute atomic E-state index is 0.234. The molecule has 1 N–H and O–H groups in total. The molecule has 2 aliphatic heterocycles. The number of nitrogens with zero attached hydrogens (tertiary/aromatic N) is 6. The number of fused-ring (bicyclic) bond motifs is 5. The van der Waals surface area contributed by atoms with E-state index in [1.165, 1.54) is 11.1 Å². The fourth-order valence-corrected chi connectivity index (χ4v) is 7.88. The number of piperidine rings is 1. The van der Waals surface area contributed by atoms with Crippen LogP contribution in [0.15, 0.2) is 43.0 Å². The van der Waals surface area contributed by atoms with Crippen molar-refractivity contribution >= 4 is 27.8 Å². The van der Waals surface area contributed by atoms with Gasteiger partial charge in [0.25, 0.3) is 0 Å². The number of rotatable bonds is 4. The van der Waals surface area contributed by atoms with E-state index in [-0.39, 0.29) is 11.0 Å². The van der Waals surface area contributed by atoms with Crippen molar-refractivity contribution in [2.24, 2.45) is 19.5 Å². The van der Waals surface area contributed by atoms with Gasteiger partial charge in [0.15, 0.2) is 0 Å². The van der Waals surface area contributed by atoms with Crippen molar-refractivity contribution in [2.75, 3.05) is 13.1 Å². The molecule has 1 amide bonds. The first-order valence-electron chi connectivity index (χ1n) is 14.8. The summed E-state index contributed by atoms with van der Waals surface area (Å²) in [6.45, 7) is 4.38. The standard InChI is InChI=1S/C32H35N7O2/c1-4-5-25(40)39-10-8-31(9-11-39)18-32(19-31)28-23(17-41-32)13-33-30-27(28)26(29(36-30)22-15-34-37(2)16-22)20-6-7-24-21(12-20)14-35-38(24)3/h6-7,12-16H,4-5,8-11,17-19H2,1-3H3,(H,33,36). The van der Waals surface area contributed by atoms with E-state index in [1.54, 1.807) is 0 Å². The largest absolute Gasteiger partial charge is 0.365 e. The van der Waals surface area contributed by atoms with Gasteiger partial charge in [-0.25, -0.2) is 4.98 Å². The topological polar surface area (TPSA) is 93.9 Å². The van der Waals surface area contributed by atoms with Gasteiger partial charge in [-0.15, -0.1) is 0 Å². The van der Waals surface area contributed by atoms with Gasteiger partial charge in [0.05, 0.1) is 35.8 Å². The van der Waals surface area contributed by atoms with E-state index < -0.39 is 0 Å². The van der Waals surface area contributed by atoms with Crippen molar-refractivity contribution in [2.45, 2.75) is 57.7 Å². The molecular formula is C32H35N7O2. The number of benzene rings is 1. The maximum absolute atomic E-state index is 12.5. The van der Waals surface area contributed by atoms with E-state index in [0.29, 0.717) is 18.9 Å². The molecule has 1 aliphatic carbocycles. The average molecular weight is 550 g/mol. The quantitative estimate of drug-likeness (QED) is 0.322. The number of carbonyl (C=O) groups is 1. The number of aromatic amines is 1. The Morgan fingerprint density at radius 3 is 2.66 bits per heavy atom. The molecule has 0 unspecified atom stereocenters. The van der Waals surface area contributed by atoms with Crippen molar-refractivity contribution in [3.8, 4) is 22.4 Å². The summed E-state index contributed by atoms with van der Waals surface area (Å²) in [6.07, 6.45) is 13.5. The molecule has 9 heteroatoms. The summed E-state index contributed by atoms with van der Waals surface area (Å²) in [7, 11) is 3.92. The van der Waals surface area contributed by atoms with Crippen LogP contribution >= 0.6 is 0 Å². The number of amides is 1. The van der Waals surface area contributed by atoms with Crippen molar-refractivity contribution in [3.63, 3.8) is 0 Å². The Kier molecular flexibility index (Phi) is 5.29. The number of carbonyl (C=O) groups excluding carboxylic acids is 1. The van der Waals surface area contributed by atoms with E-state index in [0.717, 1.165) is 89.5 Å². The summed E-state index contributed by atoms with van der Waals surface area (Å²) < 4.78 is 10.5. The van der Waals surface area contributed by atoms with Crippen LogP contribution in [-0.2, 0) is 35.8 Å². The van der Waals surface area contributed by atoms with Crippen molar-refractivity contribution < 1.29 is 9.53 Å². The molecule has 0 bridgehead atoms. The molecule has 2 spiro atoms. The molecular weight excluding hydrogens is 514 g/mol. The number of aryl methyl sites for hydroxylation is 2. The summed E-state index contributed by atoms with van der Waals surface area (Å²) in [5, 5.41) is 11.2. The molecule has 1 aromatic carbocycles. The van der Waals surface area contributed by atoms with Crippen LogP contribution < -0.4 is 0 Å². The zero-order chi connectivity index (χ0) is 27.9. The third-order valence-corrected chi connectivity index (χ3v) is 9.85. The highest BCUT2D eigenvalue weighted by Crippen LogP contribution is 2.65. The second kappa shape index (κ2) is 8.76. The first-order valence-corrected chi connectivity index (χ1v) is 14.8. The van der Waals surface area contributed by atoms with E-state index >= 15 is 0 Å². The maximum atomic E-state index is 12.5. The first-order chi connectivity index (χ1) is 19.9. The summed E-state index contributed by atoms with van der Waals surface area (Å²) in [5.74, 6) is 0.303. The van der Waals surface area contributed by atoms with Crippen LogP contribution in [0.1, 0.15) is 56.6 Å². The lowest BCUT2D eigenvalue weighted by Crippen LogP contribution is -2.55. The number of aromatic nitrogens is 6. The van der Waals surface area contributed by atoms with Crippen molar-refractivity contribution in [1.29, 1.82) is 0 Å². The molecule has 9 nitrogen and oxygen atoms in total. The Balaban J connectivity index is 1.24. The van der Waals surface area contributed by atoms with Crippen LogP contribution in [0.5, 0.6) is 0 Å². The first kappa shape index (κ1) is 24.8. The van der Waals surface area contributed by atoms with Crippen LogP contribution in [0.4, 0.5) is 0 Å². The van der Waals surface area contributed by atoms with E-state index in [1.807, 2.05) is 42.0 Å². The van der Waals surface area contributed by atoms with Gasteiger partial charge in [-0.1, -0.05) is 13.0 Å². The molecule has 41 heavy (non-hydrogen) atoms. The third-order valence-electron chi connectivity index (χ3n) is 9.85. The second-order valence-corrected chi connectivity index (χ2v) is 12.5. The lowest BCUT2D eigenvalue weighted by molar-refractivity contribution is -0.184. The molecule has 3 aliphatic rings. The Morgan fingerprint density at radius 1 is 1.07 bits per heavy atom. The van der Waals surface area contributed by atoms with Crippen LogP contribution in [0.3, 0.4) is 0 Å². The third kappa shape index (κ3) is 3.64. The number of ether oxygens (including phenoxy) is 1. The summed E-state index contributed by atoms with van der Waals surface area (Å²) in [4.78, 5) is 23.2. The summed E-state index contributed by atoms with van der Waals surface area (Å²) >= 11 is 0. The summed E-state index contributed by atoms with van der Waals surface area (Å²) in [6, 6.07) is 6.58. The lowest BCUT2D eigenvalue weighted by atomic mass is 9.53. The van der Waals surface area contributed by atoms with Gasteiger partial charge in [-0.3, -0.25) is 14.2 Å². The summed E-state index contributed by atoms with van der Waals surface area (Å²) in [5.41, 5.74) is 8.72. The Hall–Kier alpha value is -3.98. The van der Waals surface area contributed by atoms with Gasteiger partial charge >= 0.3 is 0 Å². The highest BCUT2D eigenvalue weighted by Gasteiger charge is 2.60. The molecule has 0 atom stereocenters. The molecule has 1 saturated carbocycles. The number of hydrogen-bond donors (Lipinski definition) is 1. The number of hydrogen-bond acceptors (Lipinski definition) is 5. The molecule has 5 aromatic rings. The van der Waals surface area contributed by atoms with E-state index in [4.69, 9.17) is 9.72 Å². The lowest BCUT2D eigenvalue weighted by Gasteiger charge is -2.57. The highest BCUT2D eigenvalue weighted by atomic mass is 16.5. The monoisotopic (exact) mass is 549 g/mol. The van der Waals surface area contributed by atoms with E-state index in [9.17, 15) is 4.79 Å². The highest BCUT2D eigenvalue weighted by molar-refractivity contribution is 6.06. The fraction of sp³-hybridized carbons (Fsp3) is 0.438. The van der Waals surface area contributed by atoms with Gasteiger partial charge < -0.3 is 14.6 Å². The number of nitrogens with one attached hydrogen (secondary N) is 1. The molecule has 0 radical (unpaired) electrons. The smallest absolute Gasteiger partial charge is 0.222 e. The predicted molar refractivity (Wildman–Crippen MR) is 157 cm³/mol. The fourth-order valence-electron chi connectivity index (χ4n) is 7.88.